The molecule has 0 saturated carbocycles. The minimum absolute atomic E-state index is 0.218. The SMILES string of the molecule is CNC(=O)Nc1ccc(NC2CCc3sc(Cl)cc32)cc1. The molecule has 3 rings (SSSR count). The van der Waals surface area contributed by atoms with E-state index in [-0.39, 0.29) is 6.03 Å². The predicted octanol–water partition coefficient (Wildman–Crippen LogP) is 4.25. The van der Waals surface area contributed by atoms with E-state index in [0.717, 1.165) is 28.6 Å². The standard InChI is InChI=1S/C15H16ClN3OS/c1-17-15(20)19-10-4-2-9(3-5-10)18-12-6-7-13-11(12)8-14(16)21-13/h2-5,8,12,18H,6-7H2,1H3,(H2,17,19,20). The average molecular weight is 322 g/mol. The summed E-state index contributed by atoms with van der Waals surface area (Å²) < 4.78 is 0.858. The Morgan fingerprint density at radius 1 is 1.29 bits per heavy atom. The molecule has 3 N–H and O–H groups in total. The van der Waals surface area contributed by atoms with Crippen LogP contribution in [0.1, 0.15) is 22.9 Å². The lowest BCUT2D eigenvalue weighted by Gasteiger charge is -2.15. The normalized spacial score (nSPS) is 16.4. The molecule has 0 fully saturated rings. The third-order valence-electron chi connectivity index (χ3n) is 3.56. The van der Waals surface area contributed by atoms with E-state index in [0.29, 0.717) is 6.04 Å². The molecule has 1 heterocycles. The Hall–Kier alpha value is -1.72. The zero-order valence-corrected chi connectivity index (χ0v) is 13.1. The van der Waals surface area contributed by atoms with Gasteiger partial charge < -0.3 is 16.0 Å². The van der Waals surface area contributed by atoms with Crippen molar-refractivity contribution in [1.29, 1.82) is 0 Å². The van der Waals surface area contributed by atoms with Gasteiger partial charge in [0.1, 0.15) is 0 Å². The number of aryl methyl sites for hydroxylation is 1. The van der Waals surface area contributed by atoms with Crippen LogP contribution in [0, 0.1) is 0 Å². The van der Waals surface area contributed by atoms with Crippen LogP contribution in [0.4, 0.5) is 16.2 Å². The van der Waals surface area contributed by atoms with Gasteiger partial charge in [-0.1, -0.05) is 11.6 Å². The number of fused-ring (bicyclic) bond motifs is 1. The monoisotopic (exact) mass is 321 g/mol. The number of rotatable bonds is 3. The number of hydrogen-bond acceptors (Lipinski definition) is 3. The molecule has 1 aliphatic carbocycles. The van der Waals surface area contributed by atoms with E-state index in [1.54, 1.807) is 18.4 Å². The fourth-order valence-corrected chi connectivity index (χ4v) is 3.88. The number of halogens is 1. The minimum atomic E-state index is -0.218. The summed E-state index contributed by atoms with van der Waals surface area (Å²) in [6.07, 6.45) is 2.18. The molecule has 0 aliphatic heterocycles. The number of nitrogens with one attached hydrogen (secondary N) is 3. The molecule has 1 aliphatic rings. The number of benzene rings is 1. The second-order valence-corrected chi connectivity index (χ2v) is 6.71. The largest absolute Gasteiger partial charge is 0.378 e. The molecular formula is C15H16ClN3OS. The lowest BCUT2D eigenvalue weighted by molar-refractivity contribution is 0.254. The van der Waals surface area contributed by atoms with Crippen molar-refractivity contribution >= 4 is 40.3 Å². The van der Waals surface area contributed by atoms with Crippen LogP contribution in [-0.4, -0.2) is 13.1 Å². The Morgan fingerprint density at radius 2 is 2.00 bits per heavy atom. The molecule has 0 bridgehead atoms. The van der Waals surface area contributed by atoms with E-state index >= 15 is 0 Å². The summed E-state index contributed by atoms with van der Waals surface area (Å²) in [5.74, 6) is 0. The molecule has 1 aromatic heterocycles. The number of hydrogen-bond donors (Lipinski definition) is 3. The fourth-order valence-electron chi connectivity index (χ4n) is 2.52. The Morgan fingerprint density at radius 3 is 2.71 bits per heavy atom. The van der Waals surface area contributed by atoms with Gasteiger partial charge in [-0.15, -0.1) is 11.3 Å². The maximum Gasteiger partial charge on any atom is 0.318 e. The maximum atomic E-state index is 11.2. The molecule has 21 heavy (non-hydrogen) atoms. The molecule has 0 spiro atoms. The summed E-state index contributed by atoms with van der Waals surface area (Å²) >= 11 is 7.75. The molecule has 0 radical (unpaired) electrons. The summed E-state index contributed by atoms with van der Waals surface area (Å²) in [5.41, 5.74) is 3.13. The molecule has 2 amide bonds. The molecule has 4 nitrogen and oxygen atoms in total. The molecule has 0 saturated heterocycles. The molecule has 6 heteroatoms. The topological polar surface area (TPSA) is 53.2 Å². The van der Waals surface area contributed by atoms with Crippen molar-refractivity contribution in [1.82, 2.24) is 5.32 Å². The lowest BCUT2D eigenvalue weighted by Crippen LogP contribution is -2.24. The highest BCUT2D eigenvalue weighted by molar-refractivity contribution is 7.16. The number of thiophene rings is 1. The second kappa shape index (κ2) is 5.95. The van der Waals surface area contributed by atoms with Crippen molar-refractivity contribution in [2.24, 2.45) is 0 Å². The average Bonchev–Trinajstić information content (AvgIpc) is 3.01. The van der Waals surface area contributed by atoms with Crippen LogP contribution in [0.15, 0.2) is 30.3 Å². The van der Waals surface area contributed by atoms with Crippen molar-refractivity contribution in [3.8, 4) is 0 Å². The highest BCUT2D eigenvalue weighted by Crippen LogP contribution is 2.40. The Bertz CT molecular complexity index is 653. The van der Waals surface area contributed by atoms with Crippen molar-refractivity contribution in [3.63, 3.8) is 0 Å². The van der Waals surface area contributed by atoms with Gasteiger partial charge >= 0.3 is 6.03 Å². The van der Waals surface area contributed by atoms with E-state index in [2.05, 4.69) is 22.0 Å². The summed E-state index contributed by atoms with van der Waals surface area (Å²) in [6.45, 7) is 0. The van der Waals surface area contributed by atoms with Gasteiger partial charge in [0.15, 0.2) is 0 Å². The minimum Gasteiger partial charge on any atom is -0.378 e. The van der Waals surface area contributed by atoms with Crippen LogP contribution in [0.5, 0.6) is 0 Å². The molecule has 2 aromatic rings. The van der Waals surface area contributed by atoms with Crippen molar-refractivity contribution in [2.75, 3.05) is 17.7 Å². The third-order valence-corrected chi connectivity index (χ3v) is 4.90. The molecule has 1 atom stereocenters. The fraction of sp³-hybridized carbons (Fsp3) is 0.267. The Balaban J connectivity index is 1.67. The zero-order valence-electron chi connectivity index (χ0n) is 11.6. The number of anilines is 2. The third kappa shape index (κ3) is 3.14. The quantitative estimate of drug-likeness (QED) is 0.791. The Labute approximate surface area is 132 Å². The van der Waals surface area contributed by atoms with E-state index in [4.69, 9.17) is 11.6 Å². The summed E-state index contributed by atoms with van der Waals surface area (Å²) in [6, 6.07) is 9.87. The molecule has 1 unspecified atom stereocenters. The van der Waals surface area contributed by atoms with Crippen LogP contribution >= 0.6 is 22.9 Å². The second-order valence-electron chi connectivity index (χ2n) is 4.95. The van der Waals surface area contributed by atoms with Gasteiger partial charge in [0.25, 0.3) is 0 Å². The first-order valence-electron chi connectivity index (χ1n) is 6.79. The van der Waals surface area contributed by atoms with E-state index in [9.17, 15) is 4.79 Å². The van der Waals surface area contributed by atoms with Crippen molar-refractivity contribution < 1.29 is 4.79 Å². The first kappa shape index (κ1) is 14.2. The highest BCUT2D eigenvalue weighted by Gasteiger charge is 2.24. The predicted molar refractivity (Wildman–Crippen MR) is 88.5 cm³/mol. The summed E-state index contributed by atoms with van der Waals surface area (Å²) in [5, 5.41) is 8.79. The van der Waals surface area contributed by atoms with E-state index < -0.39 is 0 Å². The summed E-state index contributed by atoms with van der Waals surface area (Å²) in [7, 11) is 1.59. The van der Waals surface area contributed by atoms with Gasteiger partial charge in [-0.2, -0.15) is 0 Å². The maximum absolute atomic E-state index is 11.2. The number of carbonyl (C=O) groups is 1. The molecule has 110 valence electrons. The molecular weight excluding hydrogens is 306 g/mol. The molecule has 1 aromatic carbocycles. The van der Waals surface area contributed by atoms with Gasteiger partial charge in [0.05, 0.1) is 10.4 Å². The smallest absolute Gasteiger partial charge is 0.318 e. The van der Waals surface area contributed by atoms with Crippen LogP contribution in [0.25, 0.3) is 0 Å². The number of urea groups is 1. The van der Waals surface area contributed by atoms with Crippen LogP contribution in [0.2, 0.25) is 4.34 Å². The van der Waals surface area contributed by atoms with Crippen molar-refractivity contribution in [2.45, 2.75) is 18.9 Å². The number of amides is 2. The Kier molecular flexibility index (Phi) is 4.03. The van der Waals surface area contributed by atoms with Gasteiger partial charge in [-0.25, -0.2) is 4.79 Å². The van der Waals surface area contributed by atoms with Gasteiger partial charge in [0.2, 0.25) is 0 Å². The van der Waals surface area contributed by atoms with Gasteiger partial charge in [-0.05, 0) is 48.7 Å². The van der Waals surface area contributed by atoms with Crippen LogP contribution in [0.3, 0.4) is 0 Å². The van der Waals surface area contributed by atoms with E-state index in [1.165, 1.54) is 10.4 Å². The van der Waals surface area contributed by atoms with Gasteiger partial charge in [-0.3, -0.25) is 0 Å². The zero-order chi connectivity index (χ0) is 14.8. The van der Waals surface area contributed by atoms with Crippen LogP contribution < -0.4 is 16.0 Å². The highest BCUT2D eigenvalue weighted by atomic mass is 35.5. The van der Waals surface area contributed by atoms with Gasteiger partial charge in [0, 0.05) is 23.3 Å². The van der Waals surface area contributed by atoms with Crippen molar-refractivity contribution in [3.05, 3.63) is 45.1 Å². The lowest BCUT2D eigenvalue weighted by atomic mass is 10.1. The first-order valence-corrected chi connectivity index (χ1v) is 7.98. The van der Waals surface area contributed by atoms with Crippen LogP contribution in [-0.2, 0) is 6.42 Å². The summed E-state index contributed by atoms with van der Waals surface area (Å²) in [4.78, 5) is 12.6. The number of carbonyl (C=O) groups excluding carboxylic acids is 1. The van der Waals surface area contributed by atoms with E-state index in [1.807, 2.05) is 24.3 Å². The first-order chi connectivity index (χ1) is 10.2.